The molecule has 3 aromatic carbocycles. The number of benzene rings is 3. The van der Waals surface area contributed by atoms with E-state index in [2.05, 4.69) is 21.2 Å². The van der Waals surface area contributed by atoms with Gasteiger partial charge in [0.05, 0.1) is 11.3 Å². The fourth-order valence-electron chi connectivity index (χ4n) is 3.02. The number of urea groups is 1. The van der Waals surface area contributed by atoms with Gasteiger partial charge in [-0.25, -0.2) is 14.5 Å². The van der Waals surface area contributed by atoms with Crippen LogP contribution in [0.4, 0.5) is 10.5 Å². The number of esters is 1. The Morgan fingerprint density at radius 3 is 2.19 bits per heavy atom. The summed E-state index contributed by atoms with van der Waals surface area (Å²) >= 11 is 3.30. The van der Waals surface area contributed by atoms with E-state index in [0.717, 1.165) is 9.37 Å². The van der Waals surface area contributed by atoms with Crippen LogP contribution >= 0.6 is 15.9 Å². The van der Waals surface area contributed by atoms with Crippen molar-refractivity contribution < 1.29 is 23.9 Å². The number of nitrogens with one attached hydrogen (secondary N) is 1. The molecule has 32 heavy (non-hydrogen) atoms. The molecule has 4 amide bonds. The van der Waals surface area contributed by atoms with E-state index in [9.17, 15) is 19.2 Å². The second-order valence-electron chi connectivity index (χ2n) is 6.76. The van der Waals surface area contributed by atoms with E-state index in [-0.39, 0.29) is 5.57 Å². The number of halogens is 1. The highest BCUT2D eigenvalue weighted by atomic mass is 79.9. The third-order valence-electron chi connectivity index (χ3n) is 4.60. The molecule has 1 aliphatic heterocycles. The standard InChI is InChI=1S/C24H15BrN2O5/c25-17-8-10-18(11-9-17)27-22(29)20(21(28)26-24(27)31)14-15-6-12-19(13-7-15)32-23(30)16-4-2-1-3-5-16/h1-14H,(H,26,28,31). The van der Waals surface area contributed by atoms with Crippen molar-refractivity contribution in [3.05, 3.63) is 100 Å². The van der Waals surface area contributed by atoms with Crippen LogP contribution in [-0.2, 0) is 9.59 Å². The molecule has 1 N–H and O–H groups in total. The largest absolute Gasteiger partial charge is 0.423 e. The fourth-order valence-corrected chi connectivity index (χ4v) is 3.29. The molecule has 3 aromatic rings. The lowest BCUT2D eigenvalue weighted by atomic mass is 10.1. The highest BCUT2D eigenvalue weighted by Crippen LogP contribution is 2.24. The predicted octanol–water partition coefficient (Wildman–Crippen LogP) is 4.33. The van der Waals surface area contributed by atoms with Gasteiger partial charge in [0, 0.05) is 4.47 Å². The maximum absolute atomic E-state index is 12.9. The molecule has 0 unspecified atom stereocenters. The summed E-state index contributed by atoms with van der Waals surface area (Å²) in [5.41, 5.74) is 1.08. The first-order valence-corrected chi connectivity index (χ1v) is 10.3. The zero-order valence-electron chi connectivity index (χ0n) is 16.4. The number of ether oxygens (including phenoxy) is 1. The van der Waals surface area contributed by atoms with E-state index in [1.807, 2.05) is 0 Å². The summed E-state index contributed by atoms with van der Waals surface area (Å²) in [4.78, 5) is 50.5. The van der Waals surface area contributed by atoms with Crippen LogP contribution in [0.5, 0.6) is 5.75 Å². The fraction of sp³-hybridized carbons (Fsp3) is 0. The number of anilines is 1. The van der Waals surface area contributed by atoms with Crippen molar-refractivity contribution in [3.63, 3.8) is 0 Å². The van der Waals surface area contributed by atoms with Gasteiger partial charge < -0.3 is 4.74 Å². The quantitative estimate of drug-likeness (QED) is 0.254. The minimum absolute atomic E-state index is 0.193. The summed E-state index contributed by atoms with van der Waals surface area (Å²) in [6.07, 6.45) is 1.37. The molecular weight excluding hydrogens is 476 g/mol. The van der Waals surface area contributed by atoms with Crippen LogP contribution < -0.4 is 15.0 Å². The summed E-state index contributed by atoms with van der Waals surface area (Å²) < 4.78 is 6.11. The Kier molecular flexibility index (Phi) is 5.96. The Labute approximate surface area is 191 Å². The van der Waals surface area contributed by atoms with Crippen molar-refractivity contribution >= 4 is 51.5 Å². The van der Waals surface area contributed by atoms with Gasteiger partial charge in [-0.3, -0.25) is 14.9 Å². The first-order chi connectivity index (χ1) is 15.4. The number of rotatable bonds is 4. The van der Waals surface area contributed by atoms with Crippen LogP contribution in [0.15, 0.2) is 88.9 Å². The van der Waals surface area contributed by atoms with Gasteiger partial charge in [0.25, 0.3) is 11.8 Å². The molecule has 1 heterocycles. The molecule has 7 nitrogen and oxygen atoms in total. The molecule has 8 heteroatoms. The van der Waals surface area contributed by atoms with E-state index < -0.39 is 23.8 Å². The number of carbonyl (C=O) groups is 4. The average molecular weight is 491 g/mol. The number of amides is 4. The van der Waals surface area contributed by atoms with Crippen molar-refractivity contribution in [1.29, 1.82) is 0 Å². The third kappa shape index (κ3) is 4.50. The van der Waals surface area contributed by atoms with Crippen molar-refractivity contribution in [2.24, 2.45) is 0 Å². The third-order valence-corrected chi connectivity index (χ3v) is 5.13. The molecule has 158 valence electrons. The van der Waals surface area contributed by atoms with E-state index in [1.54, 1.807) is 78.9 Å². The molecule has 0 radical (unpaired) electrons. The summed E-state index contributed by atoms with van der Waals surface area (Å²) in [7, 11) is 0. The number of hydrogen-bond acceptors (Lipinski definition) is 5. The zero-order valence-corrected chi connectivity index (χ0v) is 18.0. The Bertz CT molecular complexity index is 1240. The molecule has 1 saturated heterocycles. The van der Waals surface area contributed by atoms with E-state index in [4.69, 9.17) is 4.74 Å². The van der Waals surface area contributed by atoms with Crippen molar-refractivity contribution in [1.82, 2.24) is 5.32 Å². The van der Waals surface area contributed by atoms with Gasteiger partial charge in [-0.1, -0.05) is 46.3 Å². The maximum Gasteiger partial charge on any atom is 0.343 e. The second-order valence-corrected chi connectivity index (χ2v) is 7.67. The van der Waals surface area contributed by atoms with E-state index in [1.165, 1.54) is 6.08 Å². The number of imide groups is 2. The lowest BCUT2D eigenvalue weighted by Crippen LogP contribution is -2.54. The molecule has 0 atom stereocenters. The summed E-state index contributed by atoms with van der Waals surface area (Å²) in [6.45, 7) is 0. The number of hydrogen-bond donors (Lipinski definition) is 1. The van der Waals surface area contributed by atoms with Crippen LogP contribution in [0.2, 0.25) is 0 Å². The lowest BCUT2D eigenvalue weighted by molar-refractivity contribution is -0.122. The lowest BCUT2D eigenvalue weighted by Gasteiger charge is -2.26. The van der Waals surface area contributed by atoms with Crippen LogP contribution in [0.1, 0.15) is 15.9 Å². The topological polar surface area (TPSA) is 92.8 Å². The average Bonchev–Trinajstić information content (AvgIpc) is 2.79. The van der Waals surface area contributed by atoms with Gasteiger partial charge in [0.15, 0.2) is 0 Å². The van der Waals surface area contributed by atoms with Crippen molar-refractivity contribution in [2.75, 3.05) is 4.90 Å². The monoisotopic (exact) mass is 490 g/mol. The number of barbiturate groups is 1. The summed E-state index contributed by atoms with van der Waals surface area (Å²) in [5, 5.41) is 2.18. The zero-order chi connectivity index (χ0) is 22.7. The highest BCUT2D eigenvalue weighted by Gasteiger charge is 2.36. The van der Waals surface area contributed by atoms with E-state index >= 15 is 0 Å². The van der Waals surface area contributed by atoms with Gasteiger partial charge in [0.1, 0.15) is 11.3 Å². The van der Waals surface area contributed by atoms with Gasteiger partial charge in [-0.05, 0) is 60.2 Å². The Morgan fingerprint density at radius 1 is 0.875 bits per heavy atom. The smallest absolute Gasteiger partial charge is 0.343 e. The van der Waals surface area contributed by atoms with Crippen molar-refractivity contribution in [3.8, 4) is 5.75 Å². The van der Waals surface area contributed by atoms with Gasteiger partial charge in [0.2, 0.25) is 0 Å². The molecule has 0 aromatic heterocycles. The maximum atomic E-state index is 12.9. The molecule has 0 saturated carbocycles. The second kappa shape index (κ2) is 8.99. The molecule has 1 fully saturated rings. The van der Waals surface area contributed by atoms with Gasteiger partial charge in [-0.15, -0.1) is 0 Å². The van der Waals surface area contributed by atoms with Crippen LogP contribution in [0.25, 0.3) is 6.08 Å². The van der Waals surface area contributed by atoms with Crippen LogP contribution in [0.3, 0.4) is 0 Å². The molecule has 4 rings (SSSR count). The van der Waals surface area contributed by atoms with Gasteiger partial charge in [-0.2, -0.15) is 0 Å². The normalized spacial score (nSPS) is 15.0. The first-order valence-electron chi connectivity index (χ1n) is 9.47. The minimum Gasteiger partial charge on any atom is -0.423 e. The minimum atomic E-state index is -0.817. The number of nitrogens with zero attached hydrogens (tertiary/aromatic N) is 1. The summed E-state index contributed by atoms with van der Waals surface area (Å²) in [5.74, 6) is -1.71. The molecule has 0 aliphatic carbocycles. The Hall–Kier alpha value is -4.04. The first kappa shape index (κ1) is 21.2. The number of carbonyl (C=O) groups excluding carboxylic acids is 4. The Balaban J connectivity index is 1.55. The van der Waals surface area contributed by atoms with Crippen molar-refractivity contribution in [2.45, 2.75) is 0 Å². The molecular formula is C24H15BrN2O5. The Morgan fingerprint density at radius 2 is 1.53 bits per heavy atom. The molecule has 0 spiro atoms. The van der Waals surface area contributed by atoms with E-state index in [0.29, 0.717) is 22.6 Å². The predicted molar refractivity (Wildman–Crippen MR) is 121 cm³/mol. The van der Waals surface area contributed by atoms with Gasteiger partial charge >= 0.3 is 12.0 Å². The molecule has 1 aliphatic rings. The summed E-state index contributed by atoms with van der Waals surface area (Å²) in [6, 6.07) is 20.6. The van der Waals surface area contributed by atoms with Crippen LogP contribution in [0, 0.1) is 0 Å². The van der Waals surface area contributed by atoms with Crippen LogP contribution in [-0.4, -0.2) is 23.8 Å². The highest BCUT2D eigenvalue weighted by molar-refractivity contribution is 9.10. The molecule has 0 bridgehead atoms. The SMILES string of the molecule is O=C1NC(=O)N(c2ccc(Br)cc2)C(=O)C1=Cc1ccc(OC(=O)c2ccccc2)cc1.